The van der Waals surface area contributed by atoms with Crippen molar-refractivity contribution in [2.45, 2.75) is 25.7 Å². The second-order valence-corrected chi connectivity index (χ2v) is 6.16. The van der Waals surface area contributed by atoms with Crippen LogP contribution in [0.3, 0.4) is 0 Å². The largest absolute Gasteiger partial charge is 0.389 e. The van der Waals surface area contributed by atoms with Crippen molar-refractivity contribution in [2.24, 2.45) is 5.73 Å². The summed E-state index contributed by atoms with van der Waals surface area (Å²) in [5.74, 6) is 0.948. The van der Waals surface area contributed by atoms with E-state index >= 15 is 0 Å². The first-order valence-corrected chi connectivity index (χ1v) is 8.51. The Kier molecular flexibility index (Phi) is 7.53. The molecule has 116 valence electrons. The Morgan fingerprint density at radius 1 is 1.38 bits per heavy atom. The topological polar surface area (TPSA) is 58.4 Å². The number of hydrogen-bond acceptors (Lipinski definition) is 4. The number of carbonyl (C=O) groups excluding carboxylic acids is 1. The molecule has 0 heterocycles. The zero-order valence-electron chi connectivity index (χ0n) is 12.8. The van der Waals surface area contributed by atoms with Crippen LogP contribution in [0.25, 0.3) is 0 Å². The average molecular weight is 326 g/mol. The van der Waals surface area contributed by atoms with Crippen molar-refractivity contribution in [1.82, 2.24) is 5.32 Å². The van der Waals surface area contributed by atoms with Crippen LogP contribution in [0.1, 0.15) is 26.3 Å². The number of thioether (sulfide) groups is 1. The van der Waals surface area contributed by atoms with Crippen molar-refractivity contribution in [2.75, 3.05) is 30.3 Å². The average Bonchev–Trinajstić information content (AvgIpc) is 2.45. The highest BCUT2D eigenvalue weighted by molar-refractivity contribution is 7.99. The number of anilines is 1. The highest BCUT2D eigenvalue weighted by Crippen LogP contribution is 2.30. The molecule has 0 saturated carbocycles. The van der Waals surface area contributed by atoms with Crippen molar-refractivity contribution >= 4 is 40.6 Å². The summed E-state index contributed by atoms with van der Waals surface area (Å²) < 4.78 is 0. The van der Waals surface area contributed by atoms with Crippen LogP contribution in [0.5, 0.6) is 0 Å². The van der Waals surface area contributed by atoms with Crippen LogP contribution in [0.4, 0.5) is 5.69 Å². The molecule has 1 aromatic rings. The van der Waals surface area contributed by atoms with Gasteiger partial charge in [-0.05, 0) is 31.7 Å². The van der Waals surface area contributed by atoms with Crippen LogP contribution in [0.2, 0.25) is 0 Å². The highest BCUT2D eigenvalue weighted by Gasteiger charge is 2.17. The molecule has 0 aliphatic rings. The van der Waals surface area contributed by atoms with Gasteiger partial charge in [0.15, 0.2) is 0 Å². The smallest absolute Gasteiger partial charge is 0.239 e. The zero-order valence-corrected chi connectivity index (χ0v) is 14.4. The van der Waals surface area contributed by atoms with E-state index in [1.165, 1.54) is 0 Å². The number of amides is 1. The summed E-state index contributed by atoms with van der Waals surface area (Å²) in [6, 6.07) is 5.97. The van der Waals surface area contributed by atoms with Crippen LogP contribution in [-0.4, -0.2) is 36.3 Å². The van der Waals surface area contributed by atoms with E-state index in [0.717, 1.165) is 21.9 Å². The first kappa shape index (κ1) is 17.8. The van der Waals surface area contributed by atoms with E-state index < -0.39 is 0 Å². The van der Waals surface area contributed by atoms with Gasteiger partial charge in [0.2, 0.25) is 5.91 Å². The highest BCUT2D eigenvalue weighted by atomic mass is 32.2. The van der Waals surface area contributed by atoms with Gasteiger partial charge in [-0.3, -0.25) is 4.79 Å². The van der Waals surface area contributed by atoms with Crippen molar-refractivity contribution in [3.8, 4) is 0 Å². The molecule has 0 aliphatic heterocycles. The van der Waals surface area contributed by atoms with E-state index in [0.29, 0.717) is 24.6 Å². The quantitative estimate of drug-likeness (QED) is 0.568. The molecule has 0 fully saturated rings. The minimum Gasteiger partial charge on any atom is -0.389 e. The number of nitrogens with two attached hydrogens (primary N) is 1. The Morgan fingerprint density at radius 2 is 2.10 bits per heavy atom. The predicted octanol–water partition coefficient (Wildman–Crippen LogP) is 2.40. The molecule has 0 atom stereocenters. The maximum absolute atomic E-state index is 11.9. The minimum absolute atomic E-state index is 0.00166. The SMILES string of the molecule is CCNC(=O)CN(CC)c1cccc(SCC)c1C(N)=S. The normalized spacial score (nSPS) is 10.2. The van der Waals surface area contributed by atoms with Gasteiger partial charge in [-0.1, -0.05) is 25.2 Å². The zero-order chi connectivity index (χ0) is 15.8. The summed E-state index contributed by atoms with van der Waals surface area (Å²) in [6.07, 6.45) is 0. The van der Waals surface area contributed by atoms with Gasteiger partial charge in [0.05, 0.1) is 6.54 Å². The van der Waals surface area contributed by atoms with Gasteiger partial charge in [-0.15, -0.1) is 11.8 Å². The van der Waals surface area contributed by atoms with E-state index in [1.807, 2.05) is 36.9 Å². The summed E-state index contributed by atoms with van der Waals surface area (Å²) >= 11 is 6.93. The van der Waals surface area contributed by atoms with Crippen molar-refractivity contribution in [1.29, 1.82) is 0 Å². The molecule has 0 aliphatic carbocycles. The van der Waals surface area contributed by atoms with Crippen LogP contribution in [-0.2, 0) is 4.79 Å². The summed E-state index contributed by atoms with van der Waals surface area (Å²) in [6.45, 7) is 7.67. The lowest BCUT2D eigenvalue weighted by Crippen LogP contribution is -2.38. The summed E-state index contributed by atoms with van der Waals surface area (Å²) in [7, 11) is 0. The Hall–Kier alpha value is -1.27. The monoisotopic (exact) mass is 325 g/mol. The number of carbonyl (C=O) groups is 1. The maximum Gasteiger partial charge on any atom is 0.239 e. The number of likely N-dealkylation sites (N-methyl/N-ethyl adjacent to an activating group) is 2. The molecule has 0 spiro atoms. The lowest BCUT2D eigenvalue weighted by Gasteiger charge is -2.26. The fraction of sp³-hybridized carbons (Fsp3) is 0.467. The van der Waals surface area contributed by atoms with Gasteiger partial charge in [-0.25, -0.2) is 0 Å². The molecule has 21 heavy (non-hydrogen) atoms. The number of thiocarbonyl (C=S) groups is 1. The van der Waals surface area contributed by atoms with Gasteiger partial charge >= 0.3 is 0 Å². The first-order valence-electron chi connectivity index (χ1n) is 7.12. The molecule has 1 rings (SSSR count). The van der Waals surface area contributed by atoms with E-state index in [1.54, 1.807) is 11.8 Å². The molecule has 0 unspecified atom stereocenters. The predicted molar refractivity (Wildman–Crippen MR) is 95.3 cm³/mol. The van der Waals surface area contributed by atoms with E-state index in [-0.39, 0.29) is 5.91 Å². The third kappa shape index (κ3) is 4.89. The third-order valence-electron chi connectivity index (χ3n) is 2.98. The lowest BCUT2D eigenvalue weighted by molar-refractivity contribution is -0.119. The van der Waals surface area contributed by atoms with E-state index in [9.17, 15) is 4.79 Å². The Balaban J connectivity index is 3.16. The van der Waals surface area contributed by atoms with Crippen LogP contribution in [0.15, 0.2) is 23.1 Å². The standard InChI is InChI=1S/C15H23N3OS2/c1-4-17-13(19)10-18(5-2)11-8-7-9-12(21-6-3)14(11)15(16)20/h7-9H,4-6,10H2,1-3H3,(H2,16,20)(H,17,19). The van der Waals surface area contributed by atoms with Crippen LogP contribution >= 0.6 is 24.0 Å². The number of nitrogens with one attached hydrogen (secondary N) is 1. The molecule has 0 saturated heterocycles. The van der Waals surface area contributed by atoms with Crippen molar-refractivity contribution in [3.05, 3.63) is 23.8 Å². The van der Waals surface area contributed by atoms with Gasteiger partial charge in [0, 0.05) is 29.2 Å². The minimum atomic E-state index is 0.00166. The summed E-state index contributed by atoms with van der Waals surface area (Å²) in [5.41, 5.74) is 7.71. The second-order valence-electron chi connectivity index (χ2n) is 4.42. The molecular weight excluding hydrogens is 302 g/mol. The van der Waals surface area contributed by atoms with Crippen molar-refractivity contribution in [3.63, 3.8) is 0 Å². The molecule has 1 aromatic carbocycles. The lowest BCUT2D eigenvalue weighted by atomic mass is 10.1. The van der Waals surface area contributed by atoms with Crippen LogP contribution in [0, 0.1) is 0 Å². The number of nitrogens with zero attached hydrogens (tertiary/aromatic N) is 1. The van der Waals surface area contributed by atoms with Gasteiger partial charge in [0.25, 0.3) is 0 Å². The maximum atomic E-state index is 11.9. The summed E-state index contributed by atoms with van der Waals surface area (Å²) in [4.78, 5) is 15.3. The Morgan fingerprint density at radius 3 is 2.62 bits per heavy atom. The number of rotatable bonds is 8. The third-order valence-corrected chi connectivity index (χ3v) is 4.13. The fourth-order valence-corrected chi connectivity index (χ4v) is 3.22. The second kappa shape index (κ2) is 8.89. The molecule has 0 bridgehead atoms. The first-order chi connectivity index (χ1) is 10.0. The van der Waals surface area contributed by atoms with Crippen LogP contribution < -0.4 is 16.0 Å². The molecule has 4 nitrogen and oxygen atoms in total. The fourth-order valence-electron chi connectivity index (χ4n) is 2.10. The van der Waals surface area contributed by atoms with Crippen molar-refractivity contribution < 1.29 is 4.79 Å². The number of hydrogen-bond donors (Lipinski definition) is 2. The van der Waals surface area contributed by atoms with E-state index in [4.69, 9.17) is 18.0 Å². The summed E-state index contributed by atoms with van der Waals surface area (Å²) in [5, 5.41) is 2.82. The van der Waals surface area contributed by atoms with Gasteiger partial charge in [0.1, 0.15) is 4.99 Å². The molecular formula is C15H23N3OS2. The van der Waals surface area contributed by atoms with E-state index in [2.05, 4.69) is 12.2 Å². The molecule has 3 N–H and O–H groups in total. The molecule has 6 heteroatoms. The van der Waals surface area contributed by atoms with Gasteiger partial charge < -0.3 is 16.0 Å². The Labute approximate surface area is 136 Å². The number of benzene rings is 1. The molecule has 0 radical (unpaired) electrons. The molecule has 0 aromatic heterocycles. The Bertz CT molecular complexity index is 506. The molecule has 1 amide bonds. The van der Waals surface area contributed by atoms with Gasteiger partial charge in [-0.2, -0.15) is 0 Å².